The first-order valence-corrected chi connectivity index (χ1v) is 7.96. The Morgan fingerprint density at radius 2 is 1.95 bits per heavy atom. The van der Waals surface area contributed by atoms with Crippen molar-refractivity contribution in [3.8, 4) is 0 Å². The number of nitrogens with zero attached hydrogens (tertiary/aromatic N) is 2. The highest BCUT2D eigenvalue weighted by molar-refractivity contribution is 14.0. The fraction of sp³-hybridized carbons (Fsp3) is 0.714. The topological polar surface area (TPSA) is 63.3 Å². The van der Waals surface area contributed by atoms with E-state index in [2.05, 4.69) is 22.2 Å². The fourth-order valence-electron chi connectivity index (χ4n) is 2.56. The summed E-state index contributed by atoms with van der Waals surface area (Å²) >= 11 is 1.72. The fourth-order valence-corrected chi connectivity index (χ4v) is 3.38. The van der Waals surface area contributed by atoms with E-state index >= 15 is 0 Å². The Labute approximate surface area is 142 Å². The smallest absolute Gasteiger partial charge is 0.189 e. The molecular formula is C14H25IN4S. The quantitative estimate of drug-likeness (QED) is 0.348. The molecule has 1 aliphatic rings. The van der Waals surface area contributed by atoms with Crippen molar-refractivity contribution in [1.29, 1.82) is 0 Å². The van der Waals surface area contributed by atoms with Gasteiger partial charge in [-0.25, -0.2) is 9.98 Å². The van der Waals surface area contributed by atoms with Gasteiger partial charge in [0.05, 0.1) is 17.2 Å². The van der Waals surface area contributed by atoms with Gasteiger partial charge in [-0.3, -0.25) is 0 Å². The molecule has 20 heavy (non-hydrogen) atoms. The maximum absolute atomic E-state index is 5.97. The van der Waals surface area contributed by atoms with Gasteiger partial charge in [0.2, 0.25) is 0 Å². The monoisotopic (exact) mass is 408 g/mol. The molecule has 1 fully saturated rings. The summed E-state index contributed by atoms with van der Waals surface area (Å²) in [4.78, 5) is 10.1. The number of halogens is 1. The Morgan fingerprint density at radius 1 is 1.30 bits per heavy atom. The second-order valence-corrected chi connectivity index (χ2v) is 6.68. The lowest BCUT2D eigenvalue weighted by Crippen LogP contribution is -2.39. The van der Waals surface area contributed by atoms with Gasteiger partial charge in [0.15, 0.2) is 5.96 Å². The van der Waals surface area contributed by atoms with Crippen molar-refractivity contribution in [2.75, 3.05) is 0 Å². The molecule has 3 N–H and O–H groups in total. The minimum Gasteiger partial charge on any atom is -0.370 e. The Kier molecular flexibility index (Phi) is 7.79. The predicted octanol–water partition coefficient (Wildman–Crippen LogP) is 3.51. The molecule has 1 aromatic rings. The van der Waals surface area contributed by atoms with Crippen LogP contribution in [0.15, 0.2) is 4.99 Å². The van der Waals surface area contributed by atoms with Crippen LogP contribution in [0.5, 0.6) is 0 Å². The molecule has 1 aliphatic carbocycles. The molecule has 1 saturated carbocycles. The molecule has 0 aliphatic heterocycles. The summed E-state index contributed by atoms with van der Waals surface area (Å²) < 4.78 is 0. The number of hydrogen-bond acceptors (Lipinski definition) is 3. The van der Waals surface area contributed by atoms with E-state index in [4.69, 9.17) is 5.73 Å². The number of nitrogens with two attached hydrogens (primary N) is 1. The third kappa shape index (κ3) is 5.55. The van der Waals surface area contributed by atoms with Gasteiger partial charge < -0.3 is 11.1 Å². The van der Waals surface area contributed by atoms with Crippen molar-refractivity contribution < 1.29 is 0 Å². The summed E-state index contributed by atoms with van der Waals surface area (Å²) in [7, 11) is 0. The van der Waals surface area contributed by atoms with Crippen LogP contribution in [-0.4, -0.2) is 17.0 Å². The van der Waals surface area contributed by atoms with Gasteiger partial charge >= 0.3 is 0 Å². The molecule has 0 atom stereocenters. The third-order valence-corrected chi connectivity index (χ3v) is 4.53. The van der Waals surface area contributed by atoms with Crippen LogP contribution in [0, 0.1) is 13.8 Å². The van der Waals surface area contributed by atoms with E-state index in [1.54, 1.807) is 11.3 Å². The van der Waals surface area contributed by atoms with Gasteiger partial charge in [-0.05, 0) is 26.7 Å². The van der Waals surface area contributed by atoms with E-state index in [9.17, 15) is 0 Å². The molecular weight excluding hydrogens is 383 g/mol. The first-order valence-electron chi connectivity index (χ1n) is 7.14. The lowest BCUT2D eigenvalue weighted by atomic mass is 10.1. The Morgan fingerprint density at radius 3 is 2.50 bits per heavy atom. The molecule has 0 aromatic carbocycles. The Hall–Kier alpha value is -0.370. The number of aryl methyl sites for hydroxylation is 2. The van der Waals surface area contributed by atoms with Crippen LogP contribution in [0.2, 0.25) is 0 Å². The lowest BCUT2D eigenvalue weighted by molar-refractivity contribution is 0.530. The van der Waals surface area contributed by atoms with Crippen molar-refractivity contribution >= 4 is 41.3 Å². The first-order chi connectivity index (χ1) is 9.15. The zero-order chi connectivity index (χ0) is 13.7. The van der Waals surface area contributed by atoms with Crippen molar-refractivity contribution in [3.05, 3.63) is 15.6 Å². The number of thiazole rings is 1. The average Bonchev–Trinajstić information content (AvgIpc) is 2.56. The van der Waals surface area contributed by atoms with Crippen molar-refractivity contribution in [2.24, 2.45) is 10.7 Å². The minimum atomic E-state index is 0. The molecule has 4 nitrogen and oxygen atoms in total. The lowest BCUT2D eigenvalue weighted by Gasteiger charge is -2.16. The highest BCUT2D eigenvalue weighted by atomic mass is 127. The molecule has 0 bridgehead atoms. The van der Waals surface area contributed by atoms with Crippen LogP contribution in [-0.2, 0) is 6.54 Å². The standard InChI is InChI=1S/C14H24N4S.HI/c1-10-13(17-11(2)19-10)9-16-14(15)18-12-7-5-3-4-6-8-12;/h12H,3-9H2,1-2H3,(H3,15,16,18);1H. The number of guanidine groups is 1. The van der Waals surface area contributed by atoms with Gasteiger partial charge in [-0.2, -0.15) is 0 Å². The number of rotatable bonds is 3. The number of hydrogen-bond donors (Lipinski definition) is 2. The maximum Gasteiger partial charge on any atom is 0.189 e. The summed E-state index contributed by atoms with van der Waals surface area (Å²) in [6.07, 6.45) is 7.74. The molecule has 0 spiro atoms. The molecule has 1 aromatic heterocycles. The summed E-state index contributed by atoms with van der Waals surface area (Å²) in [5.41, 5.74) is 7.02. The zero-order valence-corrected chi connectivity index (χ0v) is 15.5. The molecule has 0 amide bonds. The molecule has 0 unspecified atom stereocenters. The zero-order valence-electron chi connectivity index (χ0n) is 12.3. The first kappa shape index (κ1) is 17.7. The molecule has 0 saturated heterocycles. The van der Waals surface area contributed by atoms with Crippen molar-refractivity contribution in [3.63, 3.8) is 0 Å². The van der Waals surface area contributed by atoms with Gasteiger partial charge in [-0.15, -0.1) is 35.3 Å². The van der Waals surface area contributed by atoms with Crippen LogP contribution in [0.3, 0.4) is 0 Å². The highest BCUT2D eigenvalue weighted by Gasteiger charge is 2.12. The van der Waals surface area contributed by atoms with Crippen molar-refractivity contribution in [2.45, 2.75) is 65.0 Å². The normalized spacial score (nSPS) is 17.4. The second-order valence-electron chi connectivity index (χ2n) is 5.27. The Balaban J connectivity index is 0.00000200. The largest absolute Gasteiger partial charge is 0.370 e. The van der Waals surface area contributed by atoms with Crippen LogP contribution in [0.4, 0.5) is 0 Å². The molecule has 0 radical (unpaired) electrons. The van der Waals surface area contributed by atoms with Crippen LogP contribution in [0.1, 0.15) is 54.1 Å². The number of nitrogens with one attached hydrogen (secondary N) is 1. The Bertz CT molecular complexity index is 436. The minimum absolute atomic E-state index is 0. The third-order valence-electron chi connectivity index (χ3n) is 3.61. The van der Waals surface area contributed by atoms with Crippen LogP contribution < -0.4 is 11.1 Å². The van der Waals surface area contributed by atoms with Gasteiger partial charge in [-0.1, -0.05) is 25.7 Å². The molecule has 1 heterocycles. The van der Waals surface area contributed by atoms with Crippen LogP contribution >= 0.6 is 35.3 Å². The van der Waals surface area contributed by atoms with E-state index < -0.39 is 0 Å². The number of aliphatic imine (C=N–C) groups is 1. The SMILES string of the molecule is Cc1nc(CN=C(N)NC2CCCCCC2)c(C)s1.I. The summed E-state index contributed by atoms with van der Waals surface area (Å²) in [5, 5.41) is 4.45. The summed E-state index contributed by atoms with van der Waals surface area (Å²) in [5.74, 6) is 0.567. The molecule has 6 heteroatoms. The highest BCUT2D eigenvalue weighted by Crippen LogP contribution is 2.18. The second kappa shape index (κ2) is 8.81. The molecule has 114 valence electrons. The van der Waals surface area contributed by atoms with E-state index in [0.717, 1.165) is 10.7 Å². The van der Waals surface area contributed by atoms with Crippen molar-refractivity contribution in [1.82, 2.24) is 10.3 Å². The summed E-state index contributed by atoms with van der Waals surface area (Å²) in [6, 6.07) is 0.504. The van der Waals surface area contributed by atoms with Gasteiger partial charge in [0, 0.05) is 10.9 Å². The van der Waals surface area contributed by atoms with E-state index in [0.29, 0.717) is 18.5 Å². The predicted molar refractivity (Wildman–Crippen MR) is 97.0 cm³/mol. The number of aromatic nitrogens is 1. The van der Waals surface area contributed by atoms with E-state index in [1.165, 1.54) is 43.4 Å². The molecule has 2 rings (SSSR count). The van der Waals surface area contributed by atoms with Crippen LogP contribution in [0.25, 0.3) is 0 Å². The maximum atomic E-state index is 5.97. The summed E-state index contributed by atoms with van der Waals surface area (Å²) in [6.45, 7) is 4.70. The van der Waals surface area contributed by atoms with Gasteiger partial charge in [0.1, 0.15) is 0 Å². The van der Waals surface area contributed by atoms with Gasteiger partial charge in [0.25, 0.3) is 0 Å². The average molecular weight is 408 g/mol. The van der Waals surface area contributed by atoms with E-state index in [1.807, 2.05) is 6.92 Å². The van der Waals surface area contributed by atoms with E-state index in [-0.39, 0.29) is 24.0 Å².